The number of nitrogens with two attached hydrogens (primary N) is 1. The fourth-order valence-corrected chi connectivity index (χ4v) is 3.21. The van der Waals surface area contributed by atoms with Crippen LogP contribution >= 0.6 is 0 Å². The Balaban J connectivity index is 2.22. The van der Waals surface area contributed by atoms with Crippen molar-refractivity contribution in [2.24, 2.45) is 5.73 Å². The van der Waals surface area contributed by atoms with Crippen molar-refractivity contribution < 1.29 is 13.2 Å². The Labute approximate surface area is 118 Å². The Morgan fingerprint density at radius 1 is 1.25 bits per heavy atom. The summed E-state index contributed by atoms with van der Waals surface area (Å²) in [5, 5.41) is 0. The van der Waals surface area contributed by atoms with Crippen LogP contribution in [0.1, 0.15) is 15.9 Å². The molecule has 1 saturated heterocycles. The normalized spacial score (nSPS) is 17.1. The summed E-state index contributed by atoms with van der Waals surface area (Å²) in [6.45, 7) is 0.699. The summed E-state index contributed by atoms with van der Waals surface area (Å²) in [4.78, 5) is 14.0. The van der Waals surface area contributed by atoms with Crippen LogP contribution < -0.4 is 5.73 Å². The molecule has 2 N–H and O–H groups in total. The van der Waals surface area contributed by atoms with E-state index in [0.29, 0.717) is 11.1 Å². The molecule has 1 aliphatic heterocycles. The lowest BCUT2D eigenvalue weighted by Gasteiger charge is -2.27. The number of amides is 1. The van der Waals surface area contributed by atoms with Gasteiger partial charge in [0.05, 0.1) is 23.6 Å². The van der Waals surface area contributed by atoms with Gasteiger partial charge in [0, 0.05) is 18.7 Å². The molecule has 1 aliphatic rings. The molecule has 0 aromatic heterocycles. The highest BCUT2D eigenvalue weighted by Crippen LogP contribution is 2.13. The van der Waals surface area contributed by atoms with E-state index < -0.39 is 9.84 Å². The van der Waals surface area contributed by atoms with Crippen molar-refractivity contribution in [3.8, 4) is 11.8 Å². The van der Waals surface area contributed by atoms with E-state index in [1.165, 1.54) is 0 Å². The quantitative estimate of drug-likeness (QED) is 0.731. The molecule has 1 aromatic rings. The molecular formula is C14H16N2O3S. The number of rotatable bonds is 1. The maximum atomic E-state index is 12.4. The number of benzene rings is 1. The van der Waals surface area contributed by atoms with Gasteiger partial charge in [0.25, 0.3) is 5.91 Å². The molecule has 1 heterocycles. The van der Waals surface area contributed by atoms with E-state index in [1.54, 1.807) is 29.2 Å². The molecule has 0 saturated carbocycles. The second kappa shape index (κ2) is 6.07. The lowest BCUT2D eigenvalue weighted by Crippen LogP contribution is -2.43. The van der Waals surface area contributed by atoms with Crippen LogP contribution in [-0.2, 0) is 9.84 Å². The van der Waals surface area contributed by atoms with Crippen LogP contribution in [0, 0.1) is 11.8 Å². The number of sulfone groups is 1. The van der Waals surface area contributed by atoms with Crippen LogP contribution in [0.5, 0.6) is 0 Å². The highest BCUT2D eigenvalue weighted by molar-refractivity contribution is 7.91. The van der Waals surface area contributed by atoms with E-state index in [-0.39, 0.29) is 37.0 Å². The van der Waals surface area contributed by atoms with Gasteiger partial charge in [0.1, 0.15) is 0 Å². The molecule has 0 atom stereocenters. The highest BCUT2D eigenvalue weighted by atomic mass is 32.2. The fourth-order valence-electron chi connectivity index (χ4n) is 2.01. The van der Waals surface area contributed by atoms with Crippen LogP contribution in [0.25, 0.3) is 0 Å². The summed E-state index contributed by atoms with van der Waals surface area (Å²) in [6, 6.07) is 7.03. The zero-order valence-electron chi connectivity index (χ0n) is 11.0. The topological polar surface area (TPSA) is 80.5 Å². The van der Waals surface area contributed by atoms with Crippen molar-refractivity contribution in [2.45, 2.75) is 0 Å². The van der Waals surface area contributed by atoms with E-state index in [0.717, 1.165) is 0 Å². The first kappa shape index (κ1) is 14.6. The standard InChI is InChI=1S/C14H16N2O3S/c15-7-3-5-12-4-1-2-6-13(12)14(17)16-8-10-20(18,19)11-9-16/h1-2,4,6H,7-11,15H2. The second-order valence-electron chi connectivity index (χ2n) is 4.50. The molecule has 20 heavy (non-hydrogen) atoms. The minimum atomic E-state index is -2.99. The first-order chi connectivity index (χ1) is 9.53. The average Bonchev–Trinajstić information content (AvgIpc) is 2.45. The van der Waals surface area contributed by atoms with Crippen molar-refractivity contribution in [1.29, 1.82) is 0 Å². The van der Waals surface area contributed by atoms with Gasteiger partial charge in [-0.3, -0.25) is 4.79 Å². The van der Waals surface area contributed by atoms with Gasteiger partial charge < -0.3 is 10.6 Å². The Kier molecular flexibility index (Phi) is 4.42. The van der Waals surface area contributed by atoms with Gasteiger partial charge >= 0.3 is 0 Å². The molecular weight excluding hydrogens is 276 g/mol. The van der Waals surface area contributed by atoms with E-state index in [1.807, 2.05) is 0 Å². The predicted molar refractivity (Wildman–Crippen MR) is 76.9 cm³/mol. The van der Waals surface area contributed by atoms with E-state index in [4.69, 9.17) is 5.73 Å². The molecule has 6 heteroatoms. The monoisotopic (exact) mass is 292 g/mol. The van der Waals surface area contributed by atoms with E-state index in [9.17, 15) is 13.2 Å². The van der Waals surface area contributed by atoms with Gasteiger partial charge in [0.15, 0.2) is 9.84 Å². The van der Waals surface area contributed by atoms with Crippen LogP contribution in [-0.4, -0.2) is 50.4 Å². The lowest BCUT2D eigenvalue weighted by atomic mass is 10.1. The van der Waals surface area contributed by atoms with Crippen molar-refractivity contribution in [3.63, 3.8) is 0 Å². The number of hydrogen-bond acceptors (Lipinski definition) is 4. The highest BCUT2D eigenvalue weighted by Gasteiger charge is 2.26. The zero-order chi connectivity index (χ0) is 14.6. The molecule has 1 fully saturated rings. The van der Waals surface area contributed by atoms with Gasteiger partial charge in [-0.2, -0.15) is 0 Å². The molecule has 0 radical (unpaired) electrons. The third kappa shape index (κ3) is 3.38. The largest absolute Gasteiger partial charge is 0.337 e. The number of nitrogens with zero attached hydrogens (tertiary/aromatic N) is 1. The Hall–Kier alpha value is -1.84. The summed E-state index contributed by atoms with van der Waals surface area (Å²) in [7, 11) is -2.99. The van der Waals surface area contributed by atoms with E-state index in [2.05, 4.69) is 11.8 Å². The van der Waals surface area contributed by atoms with Crippen LogP contribution in [0.15, 0.2) is 24.3 Å². The summed E-state index contributed by atoms with van der Waals surface area (Å²) in [5.74, 6) is 5.46. The van der Waals surface area contributed by atoms with Gasteiger partial charge in [-0.1, -0.05) is 24.0 Å². The third-order valence-electron chi connectivity index (χ3n) is 3.11. The molecule has 0 bridgehead atoms. The number of hydrogen-bond donors (Lipinski definition) is 1. The van der Waals surface area contributed by atoms with Gasteiger partial charge in [0.2, 0.25) is 0 Å². The third-order valence-corrected chi connectivity index (χ3v) is 4.72. The molecule has 0 spiro atoms. The molecule has 0 unspecified atom stereocenters. The summed E-state index contributed by atoms with van der Waals surface area (Å²) in [6.07, 6.45) is 0. The number of carbonyl (C=O) groups is 1. The van der Waals surface area contributed by atoms with Crippen LogP contribution in [0.4, 0.5) is 0 Å². The van der Waals surface area contributed by atoms with Crippen LogP contribution in [0.3, 0.4) is 0 Å². The van der Waals surface area contributed by atoms with Gasteiger partial charge in [-0.25, -0.2) is 8.42 Å². The average molecular weight is 292 g/mol. The fraction of sp³-hybridized carbons (Fsp3) is 0.357. The molecule has 106 valence electrons. The second-order valence-corrected chi connectivity index (χ2v) is 6.80. The Morgan fingerprint density at radius 3 is 2.55 bits per heavy atom. The summed E-state index contributed by atoms with van der Waals surface area (Å²) >= 11 is 0. The summed E-state index contributed by atoms with van der Waals surface area (Å²) in [5.41, 5.74) is 6.45. The lowest BCUT2D eigenvalue weighted by molar-refractivity contribution is 0.0770. The molecule has 1 amide bonds. The van der Waals surface area contributed by atoms with Gasteiger partial charge in [-0.05, 0) is 12.1 Å². The zero-order valence-corrected chi connectivity index (χ0v) is 11.8. The SMILES string of the molecule is NCC#Cc1ccccc1C(=O)N1CCS(=O)(=O)CC1. The van der Waals surface area contributed by atoms with Crippen molar-refractivity contribution in [3.05, 3.63) is 35.4 Å². The van der Waals surface area contributed by atoms with Crippen molar-refractivity contribution in [1.82, 2.24) is 4.90 Å². The summed E-state index contributed by atoms with van der Waals surface area (Å²) < 4.78 is 22.8. The molecule has 0 aliphatic carbocycles. The maximum absolute atomic E-state index is 12.4. The minimum Gasteiger partial charge on any atom is -0.337 e. The van der Waals surface area contributed by atoms with Crippen molar-refractivity contribution >= 4 is 15.7 Å². The van der Waals surface area contributed by atoms with Crippen LogP contribution in [0.2, 0.25) is 0 Å². The Morgan fingerprint density at radius 2 is 1.90 bits per heavy atom. The first-order valence-corrected chi connectivity index (χ1v) is 8.13. The molecule has 1 aromatic carbocycles. The van der Waals surface area contributed by atoms with Crippen molar-refractivity contribution in [2.75, 3.05) is 31.1 Å². The molecule has 2 rings (SSSR count). The first-order valence-electron chi connectivity index (χ1n) is 6.31. The van der Waals surface area contributed by atoms with E-state index >= 15 is 0 Å². The number of carbonyl (C=O) groups excluding carboxylic acids is 1. The Bertz CT molecular complexity index is 657. The maximum Gasteiger partial charge on any atom is 0.255 e. The van der Waals surface area contributed by atoms with Gasteiger partial charge in [-0.15, -0.1) is 0 Å². The predicted octanol–water partition coefficient (Wildman–Crippen LogP) is -0.133. The smallest absolute Gasteiger partial charge is 0.255 e. The minimum absolute atomic E-state index is 0.0232. The molecule has 5 nitrogen and oxygen atoms in total.